The number of terminal acetylenes is 1. The Kier molecular flexibility index (Phi) is 3.02. The van der Waals surface area contributed by atoms with Gasteiger partial charge in [-0.25, -0.2) is 0 Å². The van der Waals surface area contributed by atoms with Crippen LogP contribution >= 0.6 is 0 Å². The molecule has 0 N–H and O–H groups in total. The second-order valence-electron chi connectivity index (χ2n) is 4.44. The van der Waals surface area contributed by atoms with Crippen LogP contribution in [0.4, 0.5) is 13.2 Å². The SMILES string of the molecule is C#Cc1cc2c(cc1-c1ccccc1C(F)(F)F)OCO2. The van der Waals surface area contributed by atoms with E-state index in [9.17, 15) is 13.2 Å². The minimum Gasteiger partial charge on any atom is -0.454 e. The molecule has 2 aromatic rings. The molecule has 1 aliphatic rings. The zero-order chi connectivity index (χ0) is 15.0. The van der Waals surface area contributed by atoms with Gasteiger partial charge in [0.15, 0.2) is 11.5 Å². The fraction of sp³-hybridized carbons (Fsp3) is 0.125. The molecule has 106 valence electrons. The van der Waals surface area contributed by atoms with Crippen molar-refractivity contribution in [1.29, 1.82) is 0 Å². The van der Waals surface area contributed by atoms with Gasteiger partial charge in [0.1, 0.15) is 0 Å². The van der Waals surface area contributed by atoms with Crippen molar-refractivity contribution in [3.63, 3.8) is 0 Å². The molecule has 3 rings (SSSR count). The summed E-state index contributed by atoms with van der Waals surface area (Å²) in [6.45, 7) is 0.0315. The first-order chi connectivity index (χ1) is 10.0. The standard InChI is InChI=1S/C16H9F3O2/c1-2-10-7-14-15(21-9-20-14)8-12(10)11-5-3-4-6-13(11)16(17,18)19/h1,3-8H,9H2. The lowest BCUT2D eigenvalue weighted by Gasteiger charge is -2.14. The Morgan fingerprint density at radius 2 is 1.67 bits per heavy atom. The number of hydrogen-bond donors (Lipinski definition) is 0. The van der Waals surface area contributed by atoms with Gasteiger partial charge in [0.2, 0.25) is 6.79 Å². The van der Waals surface area contributed by atoms with E-state index in [-0.39, 0.29) is 12.4 Å². The largest absolute Gasteiger partial charge is 0.454 e. The van der Waals surface area contributed by atoms with E-state index in [0.717, 1.165) is 6.07 Å². The molecule has 0 unspecified atom stereocenters. The van der Waals surface area contributed by atoms with E-state index >= 15 is 0 Å². The Balaban J connectivity index is 2.25. The number of alkyl halides is 3. The van der Waals surface area contributed by atoms with Gasteiger partial charge in [-0.3, -0.25) is 0 Å². The van der Waals surface area contributed by atoms with Crippen LogP contribution in [-0.4, -0.2) is 6.79 Å². The summed E-state index contributed by atoms with van der Waals surface area (Å²) in [6, 6.07) is 8.30. The molecule has 2 aromatic carbocycles. The van der Waals surface area contributed by atoms with Gasteiger partial charge in [-0.05, 0) is 17.7 Å². The van der Waals surface area contributed by atoms with Crippen molar-refractivity contribution in [1.82, 2.24) is 0 Å². The molecule has 0 saturated carbocycles. The van der Waals surface area contributed by atoms with Crippen molar-refractivity contribution in [2.24, 2.45) is 0 Å². The monoisotopic (exact) mass is 290 g/mol. The second-order valence-corrected chi connectivity index (χ2v) is 4.44. The highest BCUT2D eigenvalue weighted by Crippen LogP contribution is 2.42. The van der Waals surface area contributed by atoms with Crippen LogP contribution in [0.15, 0.2) is 36.4 Å². The molecule has 5 heteroatoms. The summed E-state index contributed by atoms with van der Waals surface area (Å²) in [5.41, 5.74) is -0.0813. The van der Waals surface area contributed by atoms with Crippen LogP contribution in [0, 0.1) is 12.3 Å². The van der Waals surface area contributed by atoms with Gasteiger partial charge in [-0.1, -0.05) is 24.1 Å². The predicted octanol–water partition coefficient (Wildman–Crippen LogP) is 4.08. The lowest BCUT2D eigenvalue weighted by molar-refractivity contribution is -0.137. The highest BCUT2D eigenvalue weighted by atomic mass is 19.4. The lowest BCUT2D eigenvalue weighted by Crippen LogP contribution is -2.07. The maximum Gasteiger partial charge on any atom is 0.417 e. The van der Waals surface area contributed by atoms with Gasteiger partial charge in [-0.15, -0.1) is 6.42 Å². The van der Waals surface area contributed by atoms with Crippen LogP contribution in [0.2, 0.25) is 0 Å². The molecule has 2 nitrogen and oxygen atoms in total. The highest BCUT2D eigenvalue weighted by Gasteiger charge is 2.34. The fourth-order valence-corrected chi connectivity index (χ4v) is 2.25. The Labute approximate surface area is 119 Å². The Hall–Kier alpha value is -2.61. The summed E-state index contributed by atoms with van der Waals surface area (Å²) in [5.74, 6) is 3.23. The maximum atomic E-state index is 13.1. The molecule has 0 bridgehead atoms. The van der Waals surface area contributed by atoms with Crippen LogP contribution < -0.4 is 9.47 Å². The van der Waals surface area contributed by atoms with Gasteiger partial charge >= 0.3 is 6.18 Å². The smallest absolute Gasteiger partial charge is 0.417 e. The first-order valence-electron chi connectivity index (χ1n) is 6.07. The van der Waals surface area contributed by atoms with Crippen molar-refractivity contribution >= 4 is 0 Å². The number of rotatable bonds is 1. The Bertz CT molecular complexity index is 742. The van der Waals surface area contributed by atoms with Crippen LogP contribution in [0.25, 0.3) is 11.1 Å². The molecule has 0 saturated heterocycles. The van der Waals surface area contributed by atoms with E-state index < -0.39 is 11.7 Å². The summed E-state index contributed by atoms with van der Waals surface area (Å²) in [4.78, 5) is 0. The number of ether oxygens (including phenoxy) is 2. The van der Waals surface area contributed by atoms with Gasteiger partial charge in [0.25, 0.3) is 0 Å². The number of benzene rings is 2. The predicted molar refractivity (Wildman–Crippen MR) is 70.9 cm³/mol. The molecule has 21 heavy (non-hydrogen) atoms. The zero-order valence-corrected chi connectivity index (χ0v) is 10.7. The molecule has 1 heterocycles. The van der Waals surface area contributed by atoms with Crippen molar-refractivity contribution in [3.8, 4) is 35.0 Å². The number of fused-ring (bicyclic) bond motifs is 1. The maximum absolute atomic E-state index is 13.1. The minimum atomic E-state index is -4.46. The van der Waals surface area contributed by atoms with Gasteiger partial charge in [0.05, 0.1) is 5.56 Å². The van der Waals surface area contributed by atoms with E-state index in [0.29, 0.717) is 22.6 Å². The quantitative estimate of drug-likeness (QED) is 0.737. The molecule has 0 atom stereocenters. The van der Waals surface area contributed by atoms with Crippen molar-refractivity contribution in [2.75, 3.05) is 6.79 Å². The minimum absolute atomic E-state index is 0.0243. The molecule has 0 amide bonds. The second kappa shape index (κ2) is 4.74. The molecule has 1 aliphatic heterocycles. The summed E-state index contributed by atoms with van der Waals surface area (Å²) in [5, 5.41) is 0. The van der Waals surface area contributed by atoms with Crippen LogP contribution in [-0.2, 0) is 6.18 Å². The van der Waals surface area contributed by atoms with Crippen LogP contribution in [0.5, 0.6) is 11.5 Å². The molecule has 0 spiro atoms. The number of halogens is 3. The van der Waals surface area contributed by atoms with Gasteiger partial charge in [-0.2, -0.15) is 13.2 Å². The van der Waals surface area contributed by atoms with Crippen molar-refractivity contribution < 1.29 is 22.6 Å². The third-order valence-electron chi connectivity index (χ3n) is 3.19. The zero-order valence-electron chi connectivity index (χ0n) is 10.7. The first kappa shape index (κ1) is 13.4. The first-order valence-corrected chi connectivity index (χ1v) is 6.07. The molecule has 0 aliphatic carbocycles. The average Bonchev–Trinajstić information content (AvgIpc) is 2.92. The molecule has 0 fully saturated rings. The highest BCUT2D eigenvalue weighted by molar-refractivity contribution is 5.77. The lowest BCUT2D eigenvalue weighted by atomic mass is 9.95. The Morgan fingerprint density at radius 1 is 1.00 bits per heavy atom. The summed E-state index contributed by atoms with van der Waals surface area (Å²) < 4.78 is 49.8. The number of hydrogen-bond acceptors (Lipinski definition) is 2. The molecular formula is C16H9F3O2. The topological polar surface area (TPSA) is 18.5 Å². The summed E-state index contributed by atoms with van der Waals surface area (Å²) in [7, 11) is 0. The Morgan fingerprint density at radius 3 is 2.33 bits per heavy atom. The van der Waals surface area contributed by atoms with Gasteiger partial charge in [0, 0.05) is 17.2 Å². The molecule has 0 radical (unpaired) electrons. The van der Waals surface area contributed by atoms with E-state index in [2.05, 4.69) is 5.92 Å². The normalized spacial score (nSPS) is 13.0. The molecule has 0 aromatic heterocycles. The fourth-order valence-electron chi connectivity index (χ4n) is 2.25. The van der Waals surface area contributed by atoms with Gasteiger partial charge < -0.3 is 9.47 Å². The van der Waals surface area contributed by atoms with E-state index in [1.165, 1.54) is 30.3 Å². The van der Waals surface area contributed by atoms with Crippen LogP contribution in [0.3, 0.4) is 0 Å². The third-order valence-corrected chi connectivity index (χ3v) is 3.19. The van der Waals surface area contributed by atoms with E-state index in [1.54, 1.807) is 0 Å². The van der Waals surface area contributed by atoms with Crippen LogP contribution in [0.1, 0.15) is 11.1 Å². The van der Waals surface area contributed by atoms with E-state index in [1.807, 2.05) is 0 Å². The average molecular weight is 290 g/mol. The summed E-state index contributed by atoms with van der Waals surface area (Å²) >= 11 is 0. The third kappa shape index (κ3) is 2.29. The van der Waals surface area contributed by atoms with Crippen molar-refractivity contribution in [3.05, 3.63) is 47.5 Å². The summed E-state index contributed by atoms with van der Waals surface area (Å²) in [6.07, 6.45) is 0.954. The molecular weight excluding hydrogens is 281 g/mol. The van der Waals surface area contributed by atoms with Crippen molar-refractivity contribution in [2.45, 2.75) is 6.18 Å². The van der Waals surface area contributed by atoms with E-state index in [4.69, 9.17) is 15.9 Å².